The lowest BCUT2D eigenvalue weighted by atomic mass is 10.00. The van der Waals surface area contributed by atoms with Gasteiger partial charge in [0.05, 0.1) is 15.6 Å². The Morgan fingerprint density at radius 1 is 1.17 bits per heavy atom. The van der Waals surface area contributed by atoms with E-state index in [2.05, 4.69) is 5.32 Å². The Kier molecular flexibility index (Phi) is 5.95. The fraction of sp³-hybridized carbons (Fsp3) is 0.440. The summed E-state index contributed by atoms with van der Waals surface area (Å²) in [6, 6.07) is 8.37. The minimum absolute atomic E-state index is 0.0487. The maximum absolute atomic E-state index is 13.8. The van der Waals surface area contributed by atoms with E-state index in [0.29, 0.717) is 31.2 Å². The van der Waals surface area contributed by atoms with Gasteiger partial charge >= 0.3 is 0 Å². The van der Waals surface area contributed by atoms with Crippen LogP contribution >= 0.6 is 0 Å². The number of rotatable bonds is 7. The first-order valence-corrected chi connectivity index (χ1v) is 13.4. The van der Waals surface area contributed by atoms with E-state index < -0.39 is 37.8 Å². The highest BCUT2D eigenvalue weighted by atomic mass is 32.2. The highest BCUT2D eigenvalue weighted by Crippen LogP contribution is 2.49. The lowest BCUT2D eigenvalue weighted by molar-refractivity contribution is 0.0694. The Bertz CT molecular complexity index is 1470. The lowest BCUT2D eigenvalue weighted by Gasteiger charge is -2.35. The van der Waals surface area contributed by atoms with Crippen molar-refractivity contribution >= 4 is 21.7 Å². The molecule has 0 atom stereocenters. The zero-order valence-corrected chi connectivity index (χ0v) is 20.3. The molecule has 0 radical (unpaired) electrons. The van der Waals surface area contributed by atoms with Crippen LogP contribution in [0, 0.1) is 17.1 Å². The second-order valence-corrected chi connectivity index (χ2v) is 12.3. The standard InChI is InChI=1S/C25H25FN4O5S/c26-20-12-16(4-5-17(20)13-27)14-28-22(31)19-6-7-21-24(33)29(10-11-30(21)23(19)32)15-25(8-9-25)36(34,35)18-2-1-3-18/h4-7,12,18H,1-3,8-11,14-15H2,(H,28,31). The Hall–Kier alpha value is -3.52. The van der Waals surface area contributed by atoms with Crippen molar-refractivity contribution in [3.63, 3.8) is 0 Å². The largest absolute Gasteiger partial charge is 0.348 e. The number of nitrogens with one attached hydrogen (secondary N) is 1. The molecule has 5 rings (SSSR count). The van der Waals surface area contributed by atoms with Crippen molar-refractivity contribution in [2.75, 3.05) is 13.1 Å². The monoisotopic (exact) mass is 512 g/mol. The van der Waals surface area contributed by atoms with Crippen LogP contribution < -0.4 is 10.9 Å². The molecular formula is C25H25FN4O5S. The number of hydrogen-bond acceptors (Lipinski definition) is 6. The fourth-order valence-corrected chi connectivity index (χ4v) is 7.55. The van der Waals surface area contributed by atoms with Crippen LogP contribution in [0.5, 0.6) is 0 Å². The summed E-state index contributed by atoms with van der Waals surface area (Å²) in [6.45, 7) is 0.417. The van der Waals surface area contributed by atoms with E-state index in [9.17, 15) is 27.2 Å². The molecule has 188 valence electrons. The lowest BCUT2D eigenvalue weighted by Crippen LogP contribution is -2.51. The number of amides is 2. The number of pyridine rings is 1. The summed E-state index contributed by atoms with van der Waals surface area (Å²) in [6.07, 6.45) is 3.37. The molecule has 36 heavy (non-hydrogen) atoms. The van der Waals surface area contributed by atoms with E-state index in [4.69, 9.17) is 5.26 Å². The predicted octanol–water partition coefficient (Wildman–Crippen LogP) is 1.74. The Morgan fingerprint density at radius 2 is 1.92 bits per heavy atom. The average Bonchev–Trinajstić information content (AvgIpc) is 3.60. The van der Waals surface area contributed by atoms with E-state index in [0.717, 1.165) is 12.5 Å². The first-order valence-electron chi connectivity index (χ1n) is 11.9. The summed E-state index contributed by atoms with van der Waals surface area (Å²) in [7, 11) is -3.31. The first kappa shape index (κ1) is 24.2. The Balaban J connectivity index is 1.29. The van der Waals surface area contributed by atoms with E-state index in [-0.39, 0.29) is 48.2 Å². The molecule has 2 saturated carbocycles. The van der Waals surface area contributed by atoms with Crippen LogP contribution in [0.3, 0.4) is 0 Å². The number of aromatic nitrogens is 1. The summed E-state index contributed by atoms with van der Waals surface area (Å²) >= 11 is 0. The number of nitrogens with zero attached hydrogens (tertiary/aromatic N) is 3. The molecule has 3 aliphatic rings. The third-order valence-corrected chi connectivity index (χ3v) is 10.6. The van der Waals surface area contributed by atoms with Crippen LogP contribution in [-0.2, 0) is 22.9 Å². The van der Waals surface area contributed by atoms with Gasteiger partial charge in [0.2, 0.25) is 0 Å². The Labute approximate surface area is 207 Å². The average molecular weight is 513 g/mol. The normalized spacial score (nSPS) is 18.7. The zero-order valence-electron chi connectivity index (χ0n) is 19.5. The topological polar surface area (TPSA) is 129 Å². The van der Waals surface area contributed by atoms with Gasteiger partial charge in [-0.05, 0) is 55.5 Å². The van der Waals surface area contributed by atoms with Gasteiger partial charge in [0.1, 0.15) is 23.1 Å². The van der Waals surface area contributed by atoms with Crippen molar-refractivity contribution in [3.8, 4) is 6.07 Å². The van der Waals surface area contributed by atoms with E-state index in [1.165, 1.54) is 33.7 Å². The van der Waals surface area contributed by atoms with Gasteiger partial charge in [-0.2, -0.15) is 5.26 Å². The minimum Gasteiger partial charge on any atom is -0.348 e. The quantitative estimate of drug-likeness (QED) is 0.602. The number of halogens is 1. The molecule has 0 spiro atoms. The van der Waals surface area contributed by atoms with Crippen LogP contribution in [0.2, 0.25) is 0 Å². The van der Waals surface area contributed by atoms with Crippen molar-refractivity contribution < 1.29 is 22.4 Å². The molecule has 0 bridgehead atoms. The molecule has 2 amide bonds. The number of benzene rings is 1. The van der Waals surface area contributed by atoms with Gasteiger partial charge in [-0.1, -0.05) is 12.5 Å². The smallest absolute Gasteiger partial charge is 0.270 e. The third-order valence-electron chi connectivity index (χ3n) is 7.51. The highest BCUT2D eigenvalue weighted by Gasteiger charge is 2.59. The summed E-state index contributed by atoms with van der Waals surface area (Å²) in [4.78, 5) is 40.3. The van der Waals surface area contributed by atoms with Gasteiger partial charge < -0.3 is 14.8 Å². The number of sulfone groups is 1. The van der Waals surface area contributed by atoms with Gasteiger partial charge in [-0.3, -0.25) is 14.4 Å². The summed E-state index contributed by atoms with van der Waals surface area (Å²) < 4.78 is 40.2. The first-order chi connectivity index (χ1) is 17.2. The summed E-state index contributed by atoms with van der Waals surface area (Å²) in [5, 5.41) is 11.1. The second kappa shape index (κ2) is 8.85. The van der Waals surface area contributed by atoms with Gasteiger partial charge in [0, 0.05) is 26.2 Å². The third kappa shape index (κ3) is 3.99. The fourth-order valence-electron chi connectivity index (χ4n) is 4.89. The molecule has 1 aliphatic heterocycles. The molecule has 2 aliphatic carbocycles. The molecule has 9 nitrogen and oxygen atoms in total. The maximum Gasteiger partial charge on any atom is 0.270 e. The molecule has 2 aromatic rings. The molecule has 2 heterocycles. The minimum atomic E-state index is -3.31. The van der Waals surface area contributed by atoms with Gasteiger partial charge in [-0.15, -0.1) is 0 Å². The molecule has 0 unspecified atom stereocenters. The molecule has 1 N–H and O–H groups in total. The van der Waals surface area contributed by atoms with Crippen LogP contribution in [0.1, 0.15) is 64.1 Å². The molecule has 1 aromatic heterocycles. The van der Waals surface area contributed by atoms with Crippen molar-refractivity contribution in [1.82, 2.24) is 14.8 Å². The molecule has 11 heteroatoms. The van der Waals surface area contributed by atoms with E-state index in [1.807, 2.05) is 0 Å². The number of carbonyl (C=O) groups is 2. The summed E-state index contributed by atoms with van der Waals surface area (Å²) in [5.41, 5.74) is -0.332. The SMILES string of the molecule is N#Cc1ccc(CNC(=O)c2ccc3n(c2=O)CCN(CC2(S(=O)(=O)C4CCC4)CC2)C3=O)cc1F. The molecule has 1 aromatic carbocycles. The number of carbonyl (C=O) groups excluding carboxylic acids is 2. The number of fused-ring (bicyclic) bond motifs is 1. The van der Waals surface area contributed by atoms with E-state index >= 15 is 0 Å². The predicted molar refractivity (Wildman–Crippen MR) is 127 cm³/mol. The van der Waals surface area contributed by atoms with Crippen molar-refractivity contribution in [2.24, 2.45) is 0 Å². The second-order valence-electron chi connectivity index (χ2n) is 9.71. The van der Waals surface area contributed by atoms with Crippen molar-refractivity contribution in [2.45, 2.75) is 55.2 Å². The van der Waals surface area contributed by atoms with Crippen LogP contribution in [0.25, 0.3) is 0 Å². The van der Waals surface area contributed by atoms with Crippen molar-refractivity contribution in [3.05, 3.63) is 68.9 Å². The number of hydrogen-bond donors (Lipinski definition) is 1. The van der Waals surface area contributed by atoms with Gasteiger partial charge in [0.25, 0.3) is 17.4 Å². The number of nitriles is 1. The zero-order chi connectivity index (χ0) is 25.7. The Morgan fingerprint density at radius 3 is 2.53 bits per heavy atom. The molecule has 0 saturated heterocycles. The molecular weight excluding hydrogens is 487 g/mol. The van der Waals surface area contributed by atoms with Gasteiger partial charge in [-0.25, -0.2) is 12.8 Å². The van der Waals surface area contributed by atoms with Crippen LogP contribution in [0.4, 0.5) is 4.39 Å². The maximum atomic E-state index is 13.8. The van der Waals surface area contributed by atoms with Gasteiger partial charge in [0.15, 0.2) is 9.84 Å². The summed E-state index contributed by atoms with van der Waals surface area (Å²) in [5.74, 6) is -1.79. The highest BCUT2D eigenvalue weighted by molar-refractivity contribution is 7.93. The molecule has 2 fully saturated rings. The van der Waals surface area contributed by atoms with Crippen LogP contribution in [0.15, 0.2) is 35.1 Å². The van der Waals surface area contributed by atoms with Crippen molar-refractivity contribution in [1.29, 1.82) is 5.26 Å². The van der Waals surface area contributed by atoms with E-state index in [1.54, 1.807) is 6.07 Å². The van der Waals surface area contributed by atoms with Crippen LogP contribution in [-0.4, -0.2) is 52.8 Å².